The van der Waals surface area contributed by atoms with Crippen LogP contribution < -0.4 is 11.1 Å². The molecule has 14 heteroatoms. The van der Waals surface area contributed by atoms with Crippen molar-refractivity contribution in [2.75, 3.05) is 0 Å². The van der Waals surface area contributed by atoms with Crippen molar-refractivity contribution in [1.29, 1.82) is 0 Å². The van der Waals surface area contributed by atoms with Gasteiger partial charge in [0.05, 0.1) is 10.5 Å². The number of carbonyl (C=O) groups excluding carboxylic acids is 4. The zero-order valence-corrected chi connectivity index (χ0v) is 27.3. The molecule has 248 valence electrons. The van der Waals surface area contributed by atoms with Crippen LogP contribution in [0.2, 0.25) is 0 Å². The minimum atomic E-state index is -4.09. The van der Waals surface area contributed by atoms with E-state index in [0.717, 1.165) is 10.8 Å². The molecule has 0 radical (unpaired) electrons. The van der Waals surface area contributed by atoms with E-state index in [-0.39, 0.29) is 10.8 Å². The minimum Gasteiger partial charge on any atom is -0.419 e. The van der Waals surface area contributed by atoms with E-state index in [9.17, 15) is 27.6 Å². The first-order valence-electron chi connectivity index (χ1n) is 14.8. The number of esters is 2. The van der Waals surface area contributed by atoms with Gasteiger partial charge in [0.15, 0.2) is 0 Å². The Morgan fingerprint density at radius 2 is 1.60 bits per heavy atom. The average molecular weight is 690 g/mol. The van der Waals surface area contributed by atoms with E-state index < -0.39 is 62.5 Å². The first-order chi connectivity index (χ1) is 22.8. The molecule has 0 aliphatic carbocycles. The predicted molar refractivity (Wildman–Crippen MR) is 176 cm³/mol. The Hall–Kier alpha value is -4.76. The Bertz CT molecular complexity index is 2040. The van der Waals surface area contributed by atoms with Gasteiger partial charge in [-0.15, -0.1) is 11.8 Å². The molecule has 3 heterocycles. The largest absolute Gasteiger partial charge is 0.419 e. The van der Waals surface area contributed by atoms with Crippen molar-refractivity contribution in [2.45, 2.75) is 53.3 Å². The number of hydrogen-bond donors (Lipinski definition) is 3. The summed E-state index contributed by atoms with van der Waals surface area (Å²) in [5, 5.41) is 4.03. The van der Waals surface area contributed by atoms with Gasteiger partial charge in [0.25, 0.3) is 16.4 Å². The van der Waals surface area contributed by atoms with Crippen molar-refractivity contribution < 1.29 is 41.6 Å². The van der Waals surface area contributed by atoms with E-state index in [1.165, 1.54) is 28.8 Å². The summed E-state index contributed by atoms with van der Waals surface area (Å²) >= 11 is 1.40. The van der Waals surface area contributed by atoms with E-state index >= 15 is 0 Å². The number of nitrogens with two attached hydrogens (primary N) is 1. The lowest BCUT2D eigenvalue weighted by molar-refractivity contribution is -0.180. The summed E-state index contributed by atoms with van der Waals surface area (Å²) in [7, 11) is -4.09. The molecule has 0 aromatic heterocycles. The second-order valence-corrected chi connectivity index (χ2v) is 15.1. The summed E-state index contributed by atoms with van der Waals surface area (Å²) in [4.78, 5) is 52.2. The van der Waals surface area contributed by atoms with Crippen LogP contribution in [0.4, 0.5) is 0 Å². The van der Waals surface area contributed by atoms with E-state index in [4.69, 9.17) is 19.8 Å². The molecule has 4 aromatic carbocycles. The molecule has 3 aliphatic rings. The fourth-order valence-electron chi connectivity index (χ4n) is 5.88. The van der Waals surface area contributed by atoms with E-state index in [0.29, 0.717) is 16.7 Å². The standard InChI is InChI=1S/C24H23N3O6S.C10H8O3S/c1-24(2)17(22(31)33-23-14-11-7-6-10-13(14)21(30)32-23)27-19(29)16(20(27)34-24)26-18(28)15(25)12-8-4-3-5-9-12;11-14(12,13)10-6-5-8-3-1-2-4-9(8)7-10/h3-11,15-17,20,23H,25H2,1-2H3,(H,26,28);1-7H,(H,11,12,13)/t15?,16-,17+,20-,23?;/m1./s1. The summed E-state index contributed by atoms with van der Waals surface area (Å²) < 4.78 is 40.6. The number of hydrogen-bond acceptors (Lipinski definition) is 10. The highest BCUT2D eigenvalue weighted by molar-refractivity contribution is 8.01. The molecule has 0 bridgehead atoms. The molecule has 4 aromatic rings. The number of thioether (sulfide) groups is 1. The van der Waals surface area contributed by atoms with Gasteiger partial charge in [-0.2, -0.15) is 8.42 Å². The smallest absolute Gasteiger partial charge is 0.342 e. The van der Waals surface area contributed by atoms with Crippen LogP contribution in [0.15, 0.2) is 102 Å². The third-order valence-corrected chi connectivity index (χ3v) is 10.7. The molecule has 2 amide bonds. The summed E-state index contributed by atoms with van der Waals surface area (Å²) in [6.45, 7) is 3.66. The van der Waals surface area contributed by atoms with Crippen LogP contribution in [0.25, 0.3) is 10.8 Å². The number of ether oxygens (including phenoxy) is 2. The number of nitrogens with zero attached hydrogens (tertiary/aromatic N) is 1. The molecule has 4 N–H and O–H groups in total. The predicted octanol–water partition coefficient (Wildman–Crippen LogP) is 3.73. The number of carbonyl (C=O) groups is 4. The number of cyclic esters (lactones) is 1. The van der Waals surface area contributed by atoms with E-state index in [1.54, 1.807) is 60.7 Å². The lowest BCUT2D eigenvalue weighted by atomic mass is 9.95. The Balaban J connectivity index is 0.000000239. The molecule has 2 fully saturated rings. The van der Waals surface area contributed by atoms with Crippen molar-refractivity contribution in [3.05, 3.63) is 114 Å². The van der Waals surface area contributed by atoms with Crippen molar-refractivity contribution >= 4 is 56.4 Å². The number of amides is 2. The zero-order valence-electron chi connectivity index (χ0n) is 25.7. The maximum absolute atomic E-state index is 13.2. The van der Waals surface area contributed by atoms with Gasteiger partial charge in [0.2, 0.25) is 11.8 Å². The van der Waals surface area contributed by atoms with Gasteiger partial charge in [-0.05, 0) is 48.4 Å². The summed E-state index contributed by atoms with van der Waals surface area (Å²) in [6, 6.07) is 24.8. The second-order valence-electron chi connectivity index (χ2n) is 11.9. The molecule has 0 saturated carbocycles. The molecule has 3 aliphatic heterocycles. The second kappa shape index (κ2) is 12.7. The number of benzene rings is 4. The fraction of sp³-hybridized carbons (Fsp3) is 0.235. The summed E-state index contributed by atoms with van der Waals surface area (Å²) in [6.07, 6.45) is -1.16. The van der Waals surface area contributed by atoms with Gasteiger partial charge in [-0.25, -0.2) is 9.59 Å². The molecule has 48 heavy (non-hydrogen) atoms. The van der Waals surface area contributed by atoms with Gasteiger partial charge < -0.3 is 25.4 Å². The molecule has 5 atom stereocenters. The Morgan fingerprint density at radius 1 is 0.958 bits per heavy atom. The lowest BCUT2D eigenvalue weighted by Crippen LogP contribution is -2.71. The van der Waals surface area contributed by atoms with Gasteiger partial charge >= 0.3 is 11.9 Å². The monoisotopic (exact) mass is 689 g/mol. The minimum absolute atomic E-state index is 0.0730. The van der Waals surface area contributed by atoms with Crippen LogP contribution >= 0.6 is 11.8 Å². The molecule has 2 saturated heterocycles. The fourth-order valence-corrected chi connectivity index (χ4v) is 8.02. The van der Waals surface area contributed by atoms with Crippen molar-refractivity contribution in [1.82, 2.24) is 10.2 Å². The van der Waals surface area contributed by atoms with Crippen molar-refractivity contribution in [2.24, 2.45) is 5.73 Å². The molecule has 2 unspecified atom stereocenters. The Kier molecular flexibility index (Phi) is 8.76. The van der Waals surface area contributed by atoms with Crippen LogP contribution in [0.5, 0.6) is 0 Å². The first kappa shape index (κ1) is 33.2. The summed E-state index contributed by atoms with van der Waals surface area (Å²) in [5.74, 6) is -2.09. The maximum Gasteiger partial charge on any atom is 0.342 e. The van der Waals surface area contributed by atoms with Crippen LogP contribution in [-0.2, 0) is 34.0 Å². The SMILES string of the molecule is CC1(C)S[C@@H]2[C@H](NC(=O)C(N)c3ccccc3)C(=O)N2[C@H]1C(=O)OC1OC(=O)c2ccccc21.O=S(=O)(O)c1ccc2ccccc2c1. The molecular weight excluding hydrogens is 659 g/mol. The lowest BCUT2D eigenvalue weighted by Gasteiger charge is -2.44. The molecule has 7 rings (SSSR count). The van der Waals surface area contributed by atoms with Crippen molar-refractivity contribution in [3.8, 4) is 0 Å². The van der Waals surface area contributed by atoms with Crippen LogP contribution in [0.1, 0.15) is 47.7 Å². The van der Waals surface area contributed by atoms with E-state index in [2.05, 4.69) is 5.32 Å². The maximum atomic E-state index is 13.2. The van der Waals surface area contributed by atoms with Crippen LogP contribution in [0.3, 0.4) is 0 Å². The topological polar surface area (TPSA) is 182 Å². The Labute approximate surface area is 280 Å². The molecule has 0 spiro atoms. The average Bonchev–Trinajstić information content (AvgIpc) is 3.52. The highest BCUT2D eigenvalue weighted by Gasteiger charge is 2.65. The van der Waals surface area contributed by atoms with Crippen LogP contribution in [-0.4, -0.2) is 63.8 Å². The quantitative estimate of drug-likeness (QED) is 0.152. The zero-order chi connectivity index (χ0) is 34.4. The number of fused-ring (bicyclic) bond motifs is 3. The van der Waals surface area contributed by atoms with E-state index in [1.807, 2.05) is 38.1 Å². The first-order valence-corrected chi connectivity index (χ1v) is 17.2. The summed E-state index contributed by atoms with van der Waals surface area (Å²) in [5.41, 5.74) is 7.51. The normalized spacial score (nSPS) is 22.7. The van der Waals surface area contributed by atoms with Crippen LogP contribution in [0, 0.1) is 0 Å². The molecular formula is C34H31N3O9S2. The highest BCUT2D eigenvalue weighted by Crippen LogP contribution is 2.51. The highest BCUT2D eigenvalue weighted by atomic mass is 32.2. The molecule has 12 nitrogen and oxygen atoms in total. The Morgan fingerprint density at radius 3 is 2.31 bits per heavy atom. The number of rotatable bonds is 6. The van der Waals surface area contributed by atoms with Gasteiger partial charge in [-0.3, -0.25) is 14.1 Å². The van der Waals surface area contributed by atoms with Crippen molar-refractivity contribution in [3.63, 3.8) is 0 Å². The van der Waals surface area contributed by atoms with Gasteiger partial charge in [0, 0.05) is 10.3 Å². The third kappa shape index (κ3) is 6.27. The van der Waals surface area contributed by atoms with Gasteiger partial charge in [-0.1, -0.05) is 78.9 Å². The van der Waals surface area contributed by atoms with Gasteiger partial charge in [0.1, 0.15) is 23.5 Å². The third-order valence-electron chi connectivity index (χ3n) is 8.29. The number of nitrogens with one attached hydrogen (secondary N) is 1. The number of β-lactam (4-membered cyclic amide) rings is 1.